The molecule has 1 amide bonds. The van der Waals surface area contributed by atoms with Crippen LogP contribution in [-0.2, 0) is 16.9 Å². The quantitative estimate of drug-likeness (QED) is 0.684. The van der Waals surface area contributed by atoms with E-state index in [0.717, 1.165) is 28.1 Å². The fourth-order valence-electron chi connectivity index (χ4n) is 4.85. The molecule has 30 heavy (non-hydrogen) atoms. The van der Waals surface area contributed by atoms with Gasteiger partial charge in [0, 0.05) is 30.9 Å². The molecule has 1 saturated heterocycles. The minimum absolute atomic E-state index is 0.208. The Morgan fingerprint density at radius 3 is 2.40 bits per heavy atom. The van der Waals surface area contributed by atoms with Gasteiger partial charge in [0.1, 0.15) is 11.3 Å². The van der Waals surface area contributed by atoms with Gasteiger partial charge in [-0.05, 0) is 29.3 Å². The van der Waals surface area contributed by atoms with Crippen LogP contribution in [0.2, 0.25) is 0 Å². The van der Waals surface area contributed by atoms with Crippen LogP contribution in [0.5, 0.6) is 5.75 Å². The zero-order chi connectivity index (χ0) is 20.7. The van der Waals surface area contributed by atoms with Crippen molar-refractivity contribution in [3.05, 3.63) is 95.6 Å². The molecule has 0 spiro atoms. The summed E-state index contributed by atoms with van der Waals surface area (Å²) in [6.07, 6.45) is -1.08. The highest BCUT2D eigenvalue weighted by Crippen LogP contribution is 2.51. The van der Waals surface area contributed by atoms with Gasteiger partial charge in [0.2, 0.25) is 0 Å². The van der Waals surface area contributed by atoms with Gasteiger partial charge in [0.15, 0.2) is 6.10 Å². The molecular weight excluding hydrogens is 376 g/mol. The van der Waals surface area contributed by atoms with E-state index in [2.05, 4.69) is 23.1 Å². The monoisotopic (exact) mass is 400 g/mol. The molecule has 0 saturated carbocycles. The summed E-state index contributed by atoms with van der Waals surface area (Å²) in [4.78, 5) is 16.8. The zero-order valence-corrected chi connectivity index (χ0v) is 16.9. The summed E-state index contributed by atoms with van der Waals surface area (Å²) >= 11 is 0. The maximum atomic E-state index is 12.7. The molecule has 5 nitrogen and oxygen atoms in total. The summed E-state index contributed by atoms with van der Waals surface area (Å²) in [5.41, 5.74) is 3.27. The first-order valence-electron chi connectivity index (χ1n) is 10.2. The van der Waals surface area contributed by atoms with E-state index in [4.69, 9.17) is 4.74 Å². The van der Waals surface area contributed by atoms with E-state index in [0.29, 0.717) is 19.6 Å². The molecule has 0 aromatic heterocycles. The van der Waals surface area contributed by atoms with Crippen LogP contribution in [0.15, 0.2) is 78.9 Å². The molecular formula is C25H24N2O3. The molecule has 2 heterocycles. The number of aliphatic hydroxyl groups excluding tert-OH is 1. The third-order valence-corrected chi connectivity index (χ3v) is 6.32. The highest BCUT2D eigenvalue weighted by molar-refractivity contribution is 5.94. The average molecular weight is 400 g/mol. The number of ether oxygens (including phenoxy) is 1. The normalized spacial score (nSPS) is 22.6. The zero-order valence-electron chi connectivity index (χ0n) is 16.9. The van der Waals surface area contributed by atoms with Crippen molar-refractivity contribution in [3.8, 4) is 5.75 Å². The number of β-lactam (4-membered cyclic amide) rings is 1. The highest BCUT2D eigenvalue weighted by Gasteiger charge is 2.63. The fraction of sp³-hybridized carbons (Fsp3) is 0.240. The Balaban J connectivity index is 1.61. The number of amides is 1. The maximum absolute atomic E-state index is 12.7. The van der Waals surface area contributed by atoms with Crippen molar-refractivity contribution in [2.75, 3.05) is 25.1 Å². The van der Waals surface area contributed by atoms with Crippen LogP contribution < -0.4 is 9.64 Å². The van der Waals surface area contributed by atoms with Gasteiger partial charge in [-0.1, -0.05) is 60.7 Å². The third-order valence-electron chi connectivity index (χ3n) is 6.32. The number of benzene rings is 3. The predicted molar refractivity (Wildman–Crippen MR) is 115 cm³/mol. The second-order valence-electron chi connectivity index (χ2n) is 7.81. The van der Waals surface area contributed by atoms with Crippen LogP contribution in [0.3, 0.4) is 0 Å². The van der Waals surface area contributed by atoms with Gasteiger partial charge in [0.25, 0.3) is 5.91 Å². The first-order valence-corrected chi connectivity index (χ1v) is 10.2. The van der Waals surface area contributed by atoms with Crippen LogP contribution in [0.1, 0.15) is 16.7 Å². The van der Waals surface area contributed by atoms with Crippen LogP contribution in [0, 0.1) is 0 Å². The third kappa shape index (κ3) is 2.62. The van der Waals surface area contributed by atoms with Gasteiger partial charge >= 0.3 is 0 Å². The molecule has 3 aromatic carbocycles. The van der Waals surface area contributed by atoms with Gasteiger partial charge in [-0.15, -0.1) is 0 Å². The number of nitrogens with zero attached hydrogens (tertiary/aromatic N) is 2. The SMILES string of the molecule is COc1ccc(CN2CCN3C(=O)[C@@H](O)[C@]3(c3ccccc3)c3ccccc32)cc1. The number of anilines is 1. The maximum Gasteiger partial charge on any atom is 0.255 e. The van der Waals surface area contributed by atoms with Gasteiger partial charge in [0.05, 0.1) is 7.11 Å². The molecule has 1 fully saturated rings. The van der Waals surface area contributed by atoms with Crippen LogP contribution in [-0.4, -0.2) is 42.2 Å². The average Bonchev–Trinajstić information content (AvgIpc) is 2.93. The highest BCUT2D eigenvalue weighted by atomic mass is 16.5. The number of methoxy groups -OCH3 is 1. The first kappa shape index (κ1) is 18.7. The molecule has 152 valence electrons. The number of hydrogen-bond donors (Lipinski definition) is 1. The molecule has 0 aliphatic carbocycles. The number of hydrogen-bond acceptors (Lipinski definition) is 4. The Morgan fingerprint density at radius 2 is 1.67 bits per heavy atom. The molecule has 5 heteroatoms. The fourth-order valence-corrected chi connectivity index (χ4v) is 4.85. The Labute approximate surface area is 176 Å². The molecule has 5 rings (SSSR count). The van der Waals surface area contributed by atoms with E-state index in [1.807, 2.05) is 65.6 Å². The van der Waals surface area contributed by atoms with Crippen molar-refractivity contribution in [1.82, 2.24) is 4.90 Å². The van der Waals surface area contributed by atoms with E-state index in [1.54, 1.807) is 7.11 Å². The van der Waals surface area contributed by atoms with Crippen molar-refractivity contribution in [3.63, 3.8) is 0 Å². The molecule has 2 atom stereocenters. The topological polar surface area (TPSA) is 53.0 Å². The molecule has 2 aliphatic heterocycles. The van der Waals surface area contributed by atoms with E-state index < -0.39 is 11.6 Å². The van der Waals surface area contributed by atoms with Gasteiger partial charge < -0.3 is 19.6 Å². The lowest BCUT2D eigenvalue weighted by Gasteiger charge is -2.55. The van der Waals surface area contributed by atoms with Crippen molar-refractivity contribution >= 4 is 11.6 Å². The number of fused-ring (bicyclic) bond motifs is 3. The minimum atomic E-state index is -1.08. The van der Waals surface area contributed by atoms with Gasteiger partial charge in [-0.2, -0.15) is 0 Å². The predicted octanol–water partition coefficient (Wildman–Crippen LogP) is 3.16. The van der Waals surface area contributed by atoms with Crippen LogP contribution >= 0.6 is 0 Å². The lowest BCUT2D eigenvalue weighted by Crippen LogP contribution is -2.72. The summed E-state index contributed by atoms with van der Waals surface area (Å²) in [5.74, 6) is 0.621. The molecule has 0 bridgehead atoms. The Kier molecular flexibility index (Phi) is 4.48. The van der Waals surface area contributed by atoms with E-state index in [-0.39, 0.29) is 5.91 Å². The lowest BCUT2D eigenvalue weighted by atomic mass is 9.70. The van der Waals surface area contributed by atoms with Gasteiger partial charge in [-0.25, -0.2) is 0 Å². The largest absolute Gasteiger partial charge is 0.497 e. The second-order valence-corrected chi connectivity index (χ2v) is 7.81. The number of carbonyl (C=O) groups excluding carboxylic acids is 1. The number of carbonyl (C=O) groups is 1. The van der Waals surface area contributed by atoms with Crippen molar-refractivity contribution < 1.29 is 14.6 Å². The van der Waals surface area contributed by atoms with Crippen molar-refractivity contribution in [2.45, 2.75) is 18.2 Å². The van der Waals surface area contributed by atoms with E-state index in [1.165, 1.54) is 0 Å². The van der Waals surface area contributed by atoms with Crippen molar-refractivity contribution in [2.24, 2.45) is 0 Å². The second kappa shape index (κ2) is 7.18. The summed E-state index contributed by atoms with van der Waals surface area (Å²) in [7, 11) is 1.66. The van der Waals surface area contributed by atoms with Crippen molar-refractivity contribution in [1.29, 1.82) is 0 Å². The smallest absolute Gasteiger partial charge is 0.255 e. The van der Waals surface area contributed by atoms with E-state index in [9.17, 15) is 9.90 Å². The Morgan fingerprint density at radius 1 is 0.967 bits per heavy atom. The van der Waals surface area contributed by atoms with Crippen LogP contribution in [0.25, 0.3) is 0 Å². The molecule has 0 radical (unpaired) electrons. The number of aliphatic hydroxyl groups is 1. The van der Waals surface area contributed by atoms with Gasteiger partial charge in [-0.3, -0.25) is 4.79 Å². The van der Waals surface area contributed by atoms with E-state index >= 15 is 0 Å². The summed E-state index contributed by atoms with van der Waals surface area (Å²) < 4.78 is 5.27. The minimum Gasteiger partial charge on any atom is -0.497 e. The lowest BCUT2D eigenvalue weighted by molar-refractivity contribution is -0.179. The molecule has 3 aromatic rings. The molecule has 2 aliphatic rings. The standard InChI is InChI=1S/C25H24N2O3/c1-30-20-13-11-18(12-14-20)17-26-15-16-27-24(29)23(28)25(27,19-7-3-2-4-8-19)21-9-5-6-10-22(21)26/h2-14,23,28H,15-17H2,1H3/t23-,25+/m1/s1. The first-order chi connectivity index (χ1) is 14.7. The number of para-hydroxylation sites is 1. The molecule has 1 N–H and O–H groups in total. The Bertz CT molecular complexity index is 1070. The molecule has 0 unspecified atom stereocenters. The summed E-state index contributed by atoms with van der Waals surface area (Å²) in [6.45, 7) is 1.95. The summed E-state index contributed by atoms with van der Waals surface area (Å²) in [6, 6.07) is 26.0. The number of rotatable bonds is 4. The summed E-state index contributed by atoms with van der Waals surface area (Å²) in [5, 5.41) is 11.0. The van der Waals surface area contributed by atoms with Crippen LogP contribution in [0.4, 0.5) is 5.69 Å². The Hall–Kier alpha value is -3.31.